The molecular weight excluding hydrogens is 501 g/mol. The number of halogens is 2. The van der Waals surface area contributed by atoms with E-state index in [0.717, 1.165) is 10.6 Å². The van der Waals surface area contributed by atoms with Gasteiger partial charge in [-0.2, -0.15) is 0 Å². The SMILES string of the molecule is COc1cccc(N(CC(=O)N(Cc2ccc(Cl)c(Cl)c2)[C@H](C)C(=O)NC(C)C)S(C)(=O)=O)c1. The zero-order chi connectivity index (χ0) is 25.6. The molecule has 0 saturated heterocycles. The summed E-state index contributed by atoms with van der Waals surface area (Å²) in [6.45, 7) is 4.72. The van der Waals surface area contributed by atoms with E-state index in [1.165, 1.54) is 18.1 Å². The van der Waals surface area contributed by atoms with Gasteiger partial charge < -0.3 is 15.0 Å². The number of nitrogens with one attached hydrogen (secondary N) is 1. The monoisotopic (exact) mass is 529 g/mol. The average molecular weight is 530 g/mol. The van der Waals surface area contributed by atoms with Crippen LogP contribution in [-0.4, -0.2) is 57.1 Å². The molecule has 0 heterocycles. The highest BCUT2D eigenvalue weighted by Gasteiger charge is 2.30. The van der Waals surface area contributed by atoms with Crippen molar-refractivity contribution in [2.24, 2.45) is 0 Å². The quantitative estimate of drug-likeness (QED) is 0.506. The number of anilines is 1. The van der Waals surface area contributed by atoms with E-state index in [1.54, 1.807) is 43.3 Å². The summed E-state index contributed by atoms with van der Waals surface area (Å²) >= 11 is 12.1. The van der Waals surface area contributed by atoms with Crippen molar-refractivity contribution in [3.63, 3.8) is 0 Å². The molecule has 186 valence electrons. The van der Waals surface area contributed by atoms with Gasteiger partial charge in [-0.05, 0) is 50.6 Å². The van der Waals surface area contributed by atoms with E-state index in [1.807, 2.05) is 13.8 Å². The number of hydrogen-bond donors (Lipinski definition) is 1. The molecule has 0 fully saturated rings. The molecule has 2 aromatic rings. The van der Waals surface area contributed by atoms with Crippen LogP contribution < -0.4 is 14.4 Å². The summed E-state index contributed by atoms with van der Waals surface area (Å²) in [4.78, 5) is 27.5. The molecule has 11 heteroatoms. The van der Waals surface area contributed by atoms with Crippen molar-refractivity contribution in [1.82, 2.24) is 10.2 Å². The highest BCUT2D eigenvalue weighted by Crippen LogP contribution is 2.25. The van der Waals surface area contributed by atoms with Gasteiger partial charge in [0.1, 0.15) is 18.3 Å². The van der Waals surface area contributed by atoms with Crippen molar-refractivity contribution in [1.29, 1.82) is 0 Å². The van der Waals surface area contributed by atoms with E-state index in [-0.39, 0.29) is 24.2 Å². The summed E-state index contributed by atoms with van der Waals surface area (Å²) in [7, 11) is -2.37. The normalized spacial score (nSPS) is 12.2. The van der Waals surface area contributed by atoms with E-state index >= 15 is 0 Å². The molecule has 0 saturated carbocycles. The van der Waals surface area contributed by atoms with Crippen LogP contribution in [-0.2, 0) is 26.2 Å². The Balaban J connectivity index is 2.42. The maximum atomic E-state index is 13.5. The van der Waals surface area contributed by atoms with Gasteiger partial charge in [0.05, 0.1) is 29.1 Å². The summed E-state index contributed by atoms with van der Waals surface area (Å²) in [5.41, 5.74) is 0.906. The van der Waals surface area contributed by atoms with Gasteiger partial charge in [0, 0.05) is 18.7 Å². The highest BCUT2D eigenvalue weighted by molar-refractivity contribution is 7.92. The lowest BCUT2D eigenvalue weighted by atomic mass is 10.1. The minimum absolute atomic E-state index is 0.0259. The van der Waals surface area contributed by atoms with Gasteiger partial charge in [-0.3, -0.25) is 13.9 Å². The number of benzene rings is 2. The van der Waals surface area contributed by atoms with Crippen molar-refractivity contribution >= 4 is 50.7 Å². The second-order valence-corrected chi connectivity index (χ2v) is 10.8. The van der Waals surface area contributed by atoms with Crippen LogP contribution in [0.3, 0.4) is 0 Å². The van der Waals surface area contributed by atoms with E-state index in [4.69, 9.17) is 27.9 Å². The first kappa shape index (κ1) is 27.8. The van der Waals surface area contributed by atoms with Crippen LogP contribution in [0.25, 0.3) is 0 Å². The lowest BCUT2D eigenvalue weighted by molar-refractivity contribution is -0.139. The van der Waals surface area contributed by atoms with Gasteiger partial charge in [-0.1, -0.05) is 35.3 Å². The summed E-state index contributed by atoms with van der Waals surface area (Å²) < 4.78 is 31.3. The second-order valence-electron chi connectivity index (χ2n) is 8.08. The van der Waals surface area contributed by atoms with E-state index in [9.17, 15) is 18.0 Å². The number of sulfonamides is 1. The Bertz CT molecular complexity index is 1140. The van der Waals surface area contributed by atoms with Crippen LogP contribution in [0.1, 0.15) is 26.3 Å². The lowest BCUT2D eigenvalue weighted by Gasteiger charge is -2.32. The van der Waals surface area contributed by atoms with Crippen LogP contribution in [0, 0.1) is 0 Å². The Hall–Kier alpha value is -2.49. The third kappa shape index (κ3) is 7.51. The summed E-state index contributed by atoms with van der Waals surface area (Å²) in [5, 5.41) is 3.45. The smallest absolute Gasteiger partial charge is 0.244 e. The third-order valence-corrected chi connectivity index (χ3v) is 6.84. The number of ether oxygens (including phenoxy) is 1. The molecule has 0 aliphatic heterocycles. The minimum Gasteiger partial charge on any atom is -0.497 e. The standard InChI is InChI=1S/C23H29Cl2N3O5S/c1-15(2)26-23(30)16(3)27(13-17-9-10-20(24)21(25)11-17)22(29)14-28(34(5,31)32)18-7-6-8-19(12-18)33-4/h6-12,15-16H,13-14H2,1-5H3,(H,26,30)/t16-/m1/s1. The maximum absolute atomic E-state index is 13.5. The first-order valence-electron chi connectivity index (χ1n) is 10.5. The molecule has 1 N–H and O–H groups in total. The van der Waals surface area contributed by atoms with Crippen LogP contribution in [0.2, 0.25) is 10.0 Å². The van der Waals surface area contributed by atoms with E-state index in [2.05, 4.69) is 5.32 Å². The van der Waals surface area contributed by atoms with Gasteiger partial charge >= 0.3 is 0 Å². The molecule has 0 aliphatic carbocycles. The Morgan fingerprint density at radius 1 is 1.06 bits per heavy atom. The van der Waals surface area contributed by atoms with Gasteiger partial charge in [0.15, 0.2) is 0 Å². The van der Waals surface area contributed by atoms with Gasteiger partial charge in [0.2, 0.25) is 21.8 Å². The number of hydrogen-bond acceptors (Lipinski definition) is 5. The van der Waals surface area contributed by atoms with Crippen LogP contribution in [0.5, 0.6) is 5.75 Å². The molecule has 2 amide bonds. The van der Waals surface area contributed by atoms with Crippen LogP contribution in [0.15, 0.2) is 42.5 Å². The highest BCUT2D eigenvalue weighted by atomic mass is 35.5. The second kappa shape index (κ2) is 11.8. The Morgan fingerprint density at radius 2 is 1.74 bits per heavy atom. The fraction of sp³-hybridized carbons (Fsp3) is 0.391. The molecule has 34 heavy (non-hydrogen) atoms. The molecule has 8 nitrogen and oxygen atoms in total. The molecule has 0 aromatic heterocycles. The number of carbonyl (C=O) groups excluding carboxylic acids is 2. The van der Waals surface area contributed by atoms with Crippen molar-refractivity contribution in [2.45, 2.75) is 39.4 Å². The van der Waals surface area contributed by atoms with Gasteiger partial charge in [-0.15, -0.1) is 0 Å². The Kier molecular flexibility index (Phi) is 9.61. The van der Waals surface area contributed by atoms with E-state index in [0.29, 0.717) is 21.4 Å². The van der Waals surface area contributed by atoms with Crippen molar-refractivity contribution in [2.75, 3.05) is 24.2 Å². The molecule has 0 unspecified atom stereocenters. The topological polar surface area (TPSA) is 96.0 Å². The van der Waals surface area contributed by atoms with Crippen molar-refractivity contribution < 1.29 is 22.7 Å². The van der Waals surface area contributed by atoms with Gasteiger partial charge in [0.25, 0.3) is 0 Å². The maximum Gasteiger partial charge on any atom is 0.244 e. The van der Waals surface area contributed by atoms with Crippen molar-refractivity contribution in [3.8, 4) is 5.75 Å². The number of rotatable bonds is 10. The Morgan fingerprint density at radius 3 is 2.29 bits per heavy atom. The van der Waals surface area contributed by atoms with Crippen LogP contribution in [0.4, 0.5) is 5.69 Å². The number of carbonyl (C=O) groups is 2. The molecule has 2 rings (SSSR count). The molecule has 0 bridgehead atoms. The third-order valence-electron chi connectivity index (χ3n) is 4.96. The fourth-order valence-corrected chi connectivity index (χ4v) is 4.36. The zero-order valence-electron chi connectivity index (χ0n) is 19.7. The summed E-state index contributed by atoms with van der Waals surface area (Å²) in [6.07, 6.45) is 1.01. The largest absolute Gasteiger partial charge is 0.497 e. The zero-order valence-corrected chi connectivity index (χ0v) is 22.0. The predicted octanol–water partition coefficient (Wildman–Crippen LogP) is 3.71. The molecule has 0 aliphatic rings. The van der Waals surface area contributed by atoms with E-state index < -0.39 is 28.5 Å². The lowest BCUT2D eigenvalue weighted by Crippen LogP contribution is -2.52. The molecule has 0 radical (unpaired) electrons. The first-order valence-corrected chi connectivity index (χ1v) is 13.1. The Labute approximate surface area is 210 Å². The first-order chi connectivity index (χ1) is 15.8. The average Bonchev–Trinajstić information content (AvgIpc) is 2.76. The molecule has 0 spiro atoms. The van der Waals surface area contributed by atoms with Crippen LogP contribution >= 0.6 is 23.2 Å². The number of nitrogens with zero attached hydrogens (tertiary/aromatic N) is 2. The molecular formula is C23H29Cl2N3O5S. The van der Waals surface area contributed by atoms with Crippen molar-refractivity contribution in [3.05, 3.63) is 58.1 Å². The van der Waals surface area contributed by atoms with Gasteiger partial charge in [-0.25, -0.2) is 8.42 Å². The fourth-order valence-electron chi connectivity index (χ4n) is 3.20. The number of amides is 2. The number of methoxy groups -OCH3 is 1. The molecule has 1 atom stereocenters. The molecule has 2 aromatic carbocycles. The minimum atomic E-state index is -3.83. The summed E-state index contributed by atoms with van der Waals surface area (Å²) in [5.74, 6) is -0.489. The predicted molar refractivity (Wildman–Crippen MR) is 135 cm³/mol. The summed E-state index contributed by atoms with van der Waals surface area (Å²) in [6, 6.07) is 10.3.